The average Bonchev–Trinajstić information content (AvgIpc) is 2.50. The van der Waals surface area contributed by atoms with Crippen LogP contribution in [0.5, 0.6) is 0 Å². The van der Waals surface area contributed by atoms with Crippen LogP contribution in [0.15, 0.2) is 42.5 Å². The van der Waals surface area contributed by atoms with Crippen molar-refractivity contribution in [2.24, 2.45) is 0 Å². The Hall–Kier alpha value is -1.64. The molecule has 0 spiro atoms. The maximum Gasteiger partial charge on any atom is 0.0431 e. The van der Waals surface area contributed by atoms with Crippen molar-refractivity contribution in [2.75, 3.05) is 6.61 Å². The first kappa shape index (κ1) is 16.7. The second-order valence-electron chi connectivity index (χ2n) is 6.09. The summed E-state index contributed by atoms with van der Waals surface area (Å²) in [7, 11) is 0. The van der Waals surface area contributed by atoms with Gasteiger partial charge in [0.1, 0.15) is 0 Å². The molecule has 0 saturated heterocycles. The molecular formula is C20H27NO. The lowest BCUT2D eigenvalue weighted by Crippen LogP contribution is -2.22. The minimum absolute atomic E-state index is 0.244. The van der Waals surface area contributed by atoms with Gasteiger partial charge in [-0.2, -0.15) is 0 Å². The first-order valence-corrected chi connectivity index (χ1v) is 8.07. The highest BCUT2D eigenvalue weighted by atomic mass is 16.2. The SMILES string of the molecule is Cc1cc(C)c(CNC(CCCO)c2ccccc2)c(C)c1. The zero-order chi connectivity index (χ0) is 15.9. The number of hydrogen-bond acceptors (Lipinski definition) is 2. The molecule has 2 aromatic carbocycles. The zero-order valence-electron chi connectivity index (χ0n) is 13.9. The van der Waals surface area contributed by atoms with Gasteiger partial charge in [-0.3, -0.25) is 0 Å². The van der Waals surface area contributed by atoms with Crippen LogP contribution in [-0.4, -0.2) is 11.7 Å². The number of hydrogen-bond donors (Lipinski definition) is 2. The van der Waals surface area contributed by atoms with E-state index in [0.717, 1.165) is 19.4 Å². The fraction of sp³-hybridized carbons (Fsp3) is 0.400. The molecule has 0 aliphatic rings. The van der Waals surface area contributed by atoms with Crippen molar-refractivity contribution >= 4 is 0 Å². The van der Waals surface area contributed by atoms with Crippen LogP contribution in [-0.2, 0) is 6.54 Å². The number of rotatable bonds is 7. The molecule has 2 rings (SSSR count). The van der Waals surface area contributed by atoms with Crippen molar-refractivity contribution in [1.82, 2.24) is 5.32 Å². The average molecular weight is 297 g/mol. The Bertz CT molecular complexity index is 569. The van der Waals surface area contributed by atoms with Gasteiger partial charge in [0.25, 0.3) is 0 Å². The maximum absolute atomic E-state index is 9.14. The zero-order valence-corrected chi connectivity index (χ0v) is 13.9. The van der Waals surface area contributed by atoms with E-state index in [9.17, 15) is 0 Å². The maximum atomic E-state index is 9.14. The molecule has 0 bridgehead atoms. The normalized spacial score (nSPS) is 12.4. The van der Waals surface area contributed by atoms with Crippen molar-refractivity contribution in [1.29, 1.82) is 0 Å². The molecule has 0 aliphatic heterocycles. The van der Waals surface area contributed by atoms with Crippen LogP contribution in [0.4, 0.5) is 0 Å². The first-order chi connectivity index (χ1) is 10.6. The van der Waals surface area contributed by atoms with Crippen LogP contribution in [0.25, 0.3) is 0 Å². The van der Waals surface area contributed by atoms with Gasteiger partial charge in [-0.05, 0) is 55.9 Å². The van der Waals surface area contributed by atoms with E-state index in [1.165, 1.54) is 27.8 Å². The van der Waals surface area contributed by atoms with Crippen molar-refractivity contribution in [3.05, 3.63) is 70.3 Å². The van der Waals surface area contributed by atoms with Gasteiger partial charge in [0.15, 0.2) is 0 Å². The predicted octanol–water partition coefficient (Wildman–Crippen LogP) is 4.22. The molecule has 0 heterocycles. The third-order valence-electron chi connectivity index (χ3n) is 4.22. The summed E-state index contributed by atoms with van der Waals surface area (Å²) in [4.78, 5) is 0. The number of benzene rings is 2. The lowest BCUT2D eigenvalue weighted by molar-refractivity contribution is 0.275. The van der Waals surface area contributed by atoms with E-state index in [1.54, 1.807) is 0 Å². The number of aliphatic hydroxyl groups is 1. The van der Waals surface area contributed by atoms with Crippen LogP contribution < -0.4 is 5.32 Å². The third kappa shape index (κ3) is 4.43. The van der Waals surface area contributed by atoms with Crippen molar-refractivity contribution in [3.8, 4) is 0 Å². The Morgan fingerprint density at radius 2 is 1.64 bits per heavy atom. The Morgan fingerprint density at radius 1 is 1.00 bits per heavy atom. The minimum Gasteiger partial charge on any atom is -0.396 e. The highest BCUT2D eigenvalue weighted by Gasteiger charge is 2.12. The van der Waals surface area contributed by atoms with Gasteiger partial charge in [-0.15, -0.1) is 0 Å². The van der Waals surface area contributed by atoms with Crippen molar-refractivity contribution in [2.45, 2.75) is 46.2 Å². The van der Waals surface area contributed by atoms with E-state index in [1.807, 2.05) is 6.07 Å². The minimum atomic E-state index is 0.244. The van der Waals surface area contributed by atoms with E-state index in [0.29, 0.717) is 0 Å². The lowest BCUT2D eigenvalue weighted by atomic mass is 9.98. The number of nitrogens with one attached hydrogen (secondary N) is 1. The van der Waals surface area contributed by atoms with Gasteiger partial charge in [0, 0.05) is 19.2 Å². The number of aliphatic hydroxyl groups excluding tert-OH is 1. The van der Waals surface area contributed by atoms with Crippen molar-refractivity contribution < 1.29 is 5.11 Å². The monoisotopic (exact) mass is 297 g/mol. The standard InChI is InChI=1S/C20H27NO/c1-15-12-16(2)19(17(3)13-15)14-21-20(10-7-11-22)18-8-5-4-6-9-18/h4-6,8-9,12-13,20-22H,7,10-11,14H2,1-3H3. The molecule has 2 N–H and O–H groups in total. The molecule has 1 unspecified atom stereocenters. The van der Waals surface area contributed by atoms with Crippen LogP contribution >= 0.6 is 0 Å². The summed E-state index contributed by atoms with van der Waals surface area (Å²) in [6.45, 7) is 7.62. The summed E-state index contributed by atoms with van der Waals surface area (Å²) in [5, 5.41) is 12.8. The summed E-state index contributed by atoms with van der Waals surface area (Å²) < 4.78 is 0. The summed E-state index contributed by atoms with van der Waals surface area (Å²) in [6, 6.07) is 15.3. The Kier molecular flexibility index (Phi) is 6.17. The van der Waals surface area contributed by atoms with E-state index in [4.69, 9.17) is 5.11 Å². The first-order valence-electron chi connectivity index (χ1n) is 8.07. The van der Waals surface area contributed by atoms with Gasteiger partial charge in [0.05, 0.1) is 0 Å². The molecule has 1 atom stereocenters. The summed E-state index contributed by atoms with van der Waals surface area (Å²) in [5.41, 5.74) is 6.69. The van der Waals surface area contributed by atoms with E-state index >= 15 is 0 Å². The third-order valence-corrected chi connectivity index (χ3v) is 4.22. The molecule has 2 aromatic rings. The molecule has 2 nitrogen and oxygen atoms in total. The van der Waals surface area contributed by atoms with Gasteiger partial charge in [-0.1, -0.05) is 48.0 Å². The molecule has 0 fully saturated rings. The smallest absolute Gasteiger partial charge is 0.0431 e. The predicted molar refractivity (Wildman–Crippen MR) is 93.0 cm³/mol. The highest BCUT2D eigenvalue weighted by molar-refractivity contribution is 5.37. The molecule has 118 valence electrons. The van der Waals surface area contributed by atoms with Crippen LogP contribution in [0, 0.1) is 20.8 Å². The van der Waals surface area contributed by atoms with Crippen LogP contribution in [0.1, 0.15) is 46.7 Å². The summed E-state index contributed by atoms with van der Waals surface area (Å²) in [6.07, 6.45) is 1.77. The van der Waals surface area contributed by atoms with Gasteiger partial charge >= 0.3 is 0 Å². The van der Waals surface area contributed by atoms with Gasteiger partial charge in [-0.25, -0.2) is 0 Å². The highest BCUT2D eigenvalue weighted by Crippen LogP contribution is 2.21. The largest absolute Gasteiger partial charge is 0.396 e. The van der Waals surface area contributed by atoms with Gasteiger partial charge in [0.2, 0.25) is 0 Å². The number of aryl methyl sites for hydroxylation is 3. The molecule has 0 aromatic heterocycles. The topological polar surface area (TPSA) is 32.3 Å². The molecule has 2 heteroatoms. The molecule has 0 saturated carbocycles. The van der Waals surface area contributed by atoms with Gasteiger partial charge < -0.3 is 10.4 Å². The second-order valence-corrected chi connectivity index (χ2v) is 6.09. The Labute approximate surface area is 134 Å². The molecular weight excluding hydrogens is 270 g/mol. The quantitative estimate of drug-likeness (QED) is 0.802. The fourth-order valence-corrected chi connectivity index (χ4v) is 3.08. The van der Waals surface area contributed by atoms with Crippen LogP contribution in [0.2, 0.25) is 0 Å². The Balaban J connectivity index is 2.12. The molecule has 0 radical (unpaired) electrons. The fourth-order valence-electron chi connectivity index (χ4n) is 3.08. The van der Waals surface area contributed by atoms with E-state index < -0.39 is 0 Å². The van der Waals surface area contributed by atoms with E-state index in [2.05, 4.69) is 62.5 Å². The lowest BCUT2D eigenvalue weighted by Gasteiger charge is -2.21. The van der Waals surface area contributed by atoms with Crippen molar-refractivity contribution in [3.63, 3.8) is 0 Å². The second kappa shape index (κ2) is 8.11. The van der Waals surface area contributed by atoms with Crippen LogP contribution in [0.3, 0.4) is 0 Å². The molecule has 0 amide bonds. The molecule has 0 aliphatic carbocycles. The van der Waals surface area contributed by atoms with E-state index in [-0.39, 0.29) is 12.6 Å². The Morgan fingerprint density at radius 3 is 2.23 bits per heavy atom. The molecule has 22 heavy (non-hydrogen) atoms. The summed E-state index contributed by atoms with van der Waals surface area (Å²) >= 11 is 0. The summed E-state index contributed by atoms with van der Waals surface area (Å²) in [5.74, 6) is 0.